The summed E-state index contributed by atoms with van der Waals surface area (Å²) >= 11 is 1.64. The maximum atomic E-state index is 13.5. The first-order valence-electron chi connectivity index (χ1n) is 11.6. The van der Waals surface area contributed by atoms with Crippen LogP contribution in [0.5, 0.6) is 5.75 Å². The molecule has 2 fully saturated rings. The van der Waals surface area contributed by atoms with Gasteiger partial charge in [0, 0.05) is 46.8 Å². The Morgan fingerprint density at radius 1 is 1.24 bits per heavy atom. The van der Waals surface area contributed by atoms with E-state index >= 15 is 0 Å². The molecule has 5 rings (SSSR count). The first-order chi connectivity index (χ1) is 16.1. The number of ether oxygens (including phenoxy) is 1. The number of thioether (sulfide) groups is 1. The van der Waals surface area contributed by atoms with Crippen LogP contribution in [0.4, 0.5) is 4.39 Å². The molecule has 0 saturated carbocycles. The fourth-order valence-corrected chi connectivity index (χ4v) is 6.33. The molecule has 1 aromatic heterocycles. The van der Waals surface area contributed by atoms with Crippen LogP contribution in [0.2, 0.25) is 0 Å². The maximum Gasteiger partial charge on any atom is 0.170 e. The fraction of sp³-hybridized carbons (Fsp3) is 0.462. The quantitative estimate of drug-likeness (QED) is 0.316. The summed E-state index contributed by atoms with van der Waals surface area (Å²) in [6.07, 6.45) is 7.84. The summed E-state index contributed by atoms with van der Waals surface area (Å²) in [5.74, 6) is 0.927. The topological polar surface area (TPSA) is 55.6 Å². The standard InChI is InChI=1S/C26H29FN2O3S/c1-16(15-31-23-8-3-17(9-10-30)11-25(23)33-2)29-20-5-6-21(29)13-18(12-20)26-22-7-4-19(27)14-24(22)32-28-26/h3-4,7-8,10-11,14,16,18,20-21H,5-6,9,12-13,15H2,1-2H3. The van der Waals surface area contributed by atoms with Crippen LogP contribution in [-0.4, -0.2) is 47.3 Å². The average Bonchev–Trinajstić information content (AvgIpc) is 3.35. The van der Waals surface area contributed by atoms with Gasteiger partial charge in [0.15, 0.2) is 5.58 Å². The van der Waals surface area contributed by atoms with Crippen LogP contribution in [0.3, 0.4) is 0 Å². The molecule has 0 spiro atoms. The van der Waals surface area contributed by atoms with Crippen molar-refractivity contribution in [3.63, 3.8) is 0 Å². The molecular formula is C26H29FN2O3S. The summed E-state index contributed by atoms with van der Waals surface area (Å²) in [6.45, 7) is 2.88. The molecule has 2 bridgehead atoms. The van der Waals surface area contributed by atoms with Crippen LogP contribution in [0, 0.1) is 5.82 Å². The van der Waals surface area contributed by atoms with Crippen molar-refractivity contribution < 1.29 is 18.4 Å². The van der Waals surface area contributed by atoms with Gasteiger partial charge in [-0.1, -0.05) is 11.2 Å². The summed E-state index contributed by atoms with van der Waals surface area (Å²) in [6, 6.07) is 12.0. The number of carbonyl (C=O) groups is 1. The number of hydrogen-bond acceptors (Lipinski definition) is 6. The van der Waals surface area contributed by atoms with Crippen LogP contribution in [0.15, 0.2) is 45.8 Å². The third-order valence-corrected chi connectivity index (χ3v) is 7.93. The van der Waals surface area contributed by atoms with Gasteiger partial charge in [0.05, 0.1) is 5.69 Å². The smallest absolute Gasteiger partial charge is 0.170 e. The predicted molar refractivity (Wildman–Crippen MR) is 128 cm³/mol. The molecule has 2 aliphatic rings. The van der Waals surface area contributed by atoms with E-state index in [-0.39, 0.29) is 5.82 Å². The summed E-state index contributed by atoms with van der Waals surface area (Å²) < 4.78 is 25.2. The summed E-state index contributed by atoms with van der Waals surface area (Å²) in [7, 11) is 0. The second-order valence-electron chi connectivity index (χ2n) is 9.22. The number of benzene rings is 2. The highest BCUT2D eigenvalue weighted by Crippen LogP contribution is 2.45. The molecular weight excluding hydrogens is 439 g/mol. The Hall–Kier alpha value is -2.38. The van der Waals surface area contributed by atoms with Crippen molar-refractivity contribution >= 4 is 29.0 Å². The van der Waals surface area contributed by atoms with Gasteiger partial charge < -0.3 is 14.1 Å². The first-order valence-corrected chi connectivity index (χ1v) is 12.9. The zero-order chi connectivity index (χ0) is 22.9. The van der Waals surface area contributed by atoms with Gasteiger partial charge in [-0.15, -0.1) is 11.8 Å². The summed E-state index contributed by atoms with van der Waals surface area (Å²) in [4.78, 5) is 14.5. The lowest BCUT2D eigenvalue weighted by Gasteiger charge is -2.42. The average molecular weight is 469 g/mol. The van der Waals surface area contributed by atoms with E-state index in [1.807, 2.05) is 24.5 Å². The zero-order valence-corrected chi connectivity index (χ0v) is 19.8. The molecule has 3 heterocycles. The molecule has 174 valence electrons. The van der Waals surface area contributed by atoms with Crippen molar-refractivity contribution in [1.82, 2.24) is 10.1 Å². The van der Waals surface area contributed by atoms with Crippen molar-refractivity contribution in [2.75, 3.05) is 12.9 Å². The molecule has 7 heteroatoms. The number of halogens is 1. The number of carbonyl (C=O) groups excluding carboxylic acids is 1. The van der Waals surface area contributed by atoms with Gasteiger partial charge in [0.1, 0.15) is 24.5 Å². The van der Waals surface area contributed by atoms with Crippen LogP contribution in [-0.2, 0) is 11.2 Å². The number of piperidine rings is 1. The van der Waals surface area contributed by atoms with Gasteiger partial charge in [-0.25, -0.2) is 4.39 Å². The zero-order valence-electron chi connectivity index (χ0n) is 19.0. The molecule has 33 heavy (non-hydrogen) atoms. The molecule has 0 aliphatic carbocycles. The maximum absolute atomic E-state index is 13.5. The molecule has 0 amide bonds. The Morgan fingerprint density at radius 2 is 2.03 bits per heavy atom. The second kappa shape index (κ2) is 9.47. The fourth-order valence-electron chi connectivity index (χ4n) is 5.73. The number of nitrogens with zero attached hydrogens (tertiary/aromatic N) is 2. The van der Waals surface area contributed by atoms with Crippen LogP contribution >= 0.6 is 11.8 Å². The Kier molecular flexibility index (Phi) is 6.43. The van der Waals surface area contributed by atoms with Crippen LogP contribution < -0.4 is 4.74 Å². The molecule has 2 aliphatic heterocycles. The van der Waals surface area contributed by atoms with Crippen molar-refractivity contribution in [3.8, 4) is 5.75 Å². The van der Waals surface area contributed by atoms with Crippen LogP contribution in [0.25, 0.3) is 11.0 Å². The highest BCUT2D eigenvalue weighted by atomic mass is 32.2. The van der Waals surface area contributed by atoms with Gasteiger partial charge in [-0.3, -0.25) is 4.90 Å². The van der Waals surface area contributed by atoms with Crippen molar-refractivity contribution in [2.45, 2.75) is 68.0 Å². The van der Waals surface area contributed by atoms with Gasteiger partial charge in [0.25, 0.3) is 0 Å². The second-order valence-corrected chi connectivity index (χ2v) is 10.1. The number of fused-ring (bicyclic) bond motifs is 3. The lowest BCUT2D eigenvalue weighted by atomic mass is 9.86. The molecule has 0 radical (unpaired) electrons. The van der Waals surface area contributed by atoms with E-state index in [9.17, 15) is 9.18 Å². The Balaban J connectivity index is 1.26. The van der Waals surface area contributed by atoms with Gasteiger partial charge in [0.2, 0.25) is 0 Å². The van der Waals surface area contributed by atoms with Gasteiger partial charge >= 0.3 is 0 Å². The highest BCUT2D eigenvalue weighted by Gasteiger charge is 2.44. The largest absolute Gasteiger partial charge is 0.491 e. The molecule has 3 unspecified atom stereocenters. The molecule has 5 nitrogen and oxygen atoms in total. The predicted octanol–water partition coefficient (Wildman–Crippen LogP) is 5.61. The van der Waals surface area contributed by atoms with Crippen molar-refractivity contribution in [1.29, 1.82) is 0 Å². The molecule has 0 N–H and O–H groups in total. The SMILES string of the molecule is CSc1cc(CC=O)ccc1OCC(C)N1C2CCC1CC(c1noc3cc(F)ccc13)C2. The normalized spacial score (nSPS) is 23.7. The monoisotopic (exact) mass is 468 g/mol. The molecule has 3 atom stereocenters. The first kappa shape index (κ1) is 22.4. The summed E-state index contributed by atoms with van der Waals surface area (Å²) in [5, 5.41) is 5.27. The van der Waals surface area contributed by atoms with E-state index in [4.69, 9.17) is 9.26 Å². The van der Waals surface area contributed by atoms with E-state index in [0.29, 0.717) is 42.7 Å². The Bertz CT molecular complexity index is 1140. The third-order valence-electron chi connectivity index (χ3n) is 7.17. The minimum absolute atomic E-state index is 0.295. The number of aldehydes is 1. The lowest BCUT2D eigenvalue weighted by molar-refractivity contribution is -0.107. The third kappa shape index (κ3) is 4.41. The van der Waals surface area contributed by atoms with Gasteiger partial charge in [-0.2, -0.15) is 0 Å². The van der Waals surface area contributed by atoms with E-state index in [1.54, 1.807) is 17.8 Å². The Labute approximate surface area is 197 Å². The van der Waals surface area contributed by atoms with E-state index in [2.05, 4.69) is 17.0 Å². The number of aromatic nitrogens is 1. The minimum Gasteiger partial charge on any atom is -0.491 e. The van der Waals surface area contributed by atoms with E-state index in [1.165, 1.54) is 25.0 Å². The number of hydrogen-bond donors (Lipinski definition) is 0. The Morgan fingerprint density at radius 3 is 2.76 bits per heavy atom. The summed E-state index contributed by atoms with van der Waals surface area (Å²) in [5.41, 5.74) is 2.52. The highest BCUT2D eigenvalue weighted by molar-refractivity contribution is 7.98. The molecule has 2 aromatic carbocycles. The van der Waals surface area contributed by atoms with Crippen LogP contribution in [0.1, 0.15) is 49.8 Å². The molecule has 3 aromatic rings. The van der Waals surface area contributed by atoms with Crippen molar-refractivity contribution in [3.05, 3.63) is 53.5 Å². The van der Waals surface area contributed by atoms with E-state index < -0.39 is 0 Å². The van der Waals surface area contributed by atoms with Gasteiger partial charge in [-0.05, 0) is 68.7 Å². The lowest BCUT2D eigenvalue weighted by Crippen LogP contribution is -2.49. The number of rotatable bonds is 8. The van der Waals surface area contributed by atoms with Crippen molar-refractivity contribution in [2.24, 2.45) is 0 Å². The van der Waals surface area contributed by atoms with E-state index in [0.717, 1.165) is 46.4 Å². The molecule has 2 saturated heterocycles. The minimum atomic E-state index is -0.295.